The third kappa shape index (κ3) is 2.93. The van der Waals surface area contributed by atoms with E-state index in [9.17, 15) is 19.8 Å². The zero-order valence-corrected chi connectivity index (χ0v) is 16.2. The minimum atomic E-state index is -0.575. The molecule has 146 valence electrons. The molecule has 6 nitrogen and oxygen atoms in total. The number of fused-ring (bicyclic) bond motifs is 2. The minimum absolute atomic E-state index is 0.00751. The molecule has 0 radical (unpaired) electrons. The number of hydrogen-bond donors (Lipinski definition) is 2. The molecule has 0 amide bonds. The average Bonchev–Trinajstić information content (AvgIpc) is 2.96. The molecule has 0 saturated heterocycles. The fourth-order valence-corrected chi connectivity index (χ4v) is 3.51. The van der Waals surface area contributed by atoms with E-state index >= 15 is 0 Å². The van der Waals surface area contributed by atoms with Crippen LogP contribution in [0.4, 0.5) is 0 Å². The van der Waals surface area contributed by atoms with Crippen molar-refractivity contribution < 1.29 is 24.5 Å². The van der Waals surface area contributed by atoms with Gasteiger partial charge in [-0.05, 0) is 47.9 Å². The second-order valence-corrected chi connectivity index (χ2v) is 7.27. The van der Waals surface area contributed by atoms with Crippen molar-refractivity contribution in [1.82, 2.24) is 4.98 Å². The van der Waals surface area contributed by atoms with Crippen molar-refractivity contribution in [1.29, 1.82) is 0 Å². The summed E-state index contributed by atoms with van der Waals surface area (Å²) < 4.78 is 4.69. The van der Waals surface area contributed by atoms with Gasteiger partial charge in [0.25, 0.3) is 0 Å². The number of ketones is 1. The van der Waals surface area contributed by atoms with E-state index in [1.54, 1.807) is 6.07 Å². The molecule has 0 unspecified atom stereocenters. The molecule has 0 spiro atoms. The number of esters is 1. The summed E-state index contributed by atoms with van der Waals surface area (Å²) in [5.74, 6) is -1.24. The minimum Gasteiger partial charge on any atom is -0.506 e. The number of benzene rings is 2. The van der Waals surface area contributed by atoms with E-state index in [4.69, 9.17) is 0 Å². The monoisotopic (exact) mass is 389 g/mol. The molecule has 3 aromatic rings. The summed E-state index contributed by atoms with van der Waals surface area (Å²) in [5, 5.41) is 22.0. The molecule has 1 heterocycles. The standard InChI is InChI=1S/C23H19NO5/c1-11(2)12-5-7-17-14(8-12)10-18(25)20(24-17)19-21(26)15-6-4-13(23(28)29-3)9-16(15)22(19)27/h4-11,25,27H,1-3H3. The fourth-order valence-electron chi connectivity index (χ4n) is 3.51. The first-order valence-electron chi connectivity index (χ1n) is 9.16. The lowest BCUT2D eigenvalue weighted by atomic mass is 9.99. The molecule has 1 aliphatic carbocycles. The van der Waals surface area contributed by atoms with Crippen LogP contribution in [0.25, 0.3) is 22.2 Å². The van der Waals surface area contributed by atoms with Crippen LogP contribution in [0.1, 0.15) is 57.3 Å². The lowest BCUT2D eigenvalue weighted by molar-refractivity contribution is 0.0600. The third-order valence-corrected chi connectivity index (χ3v) is 5.13. The molecule has 4 rings (SSSR count). The molecule has 0 aliphatic heterocycles. The number of Topliss-reactive ketones (excluding diaryl/α,β-unsaturated/α-hetero) is 1. The van der Waals surface area contributed by atoms with Gasteiger partial charge < -0.3 is 14.9 Å². The Labute approximate surface area is 167 Å². The molecule has 0 bridgehead atoms. The van der Waals surface area contributed by atoms with Crippen LogP contribution in [0.5, 0.6) is 5.75 Å². The van der Waals surface area contributed by atoms with Gasteiger partial charge in [-0.2, -0.15) is 0 Å². The highest BCUT2D eigenvalue weighted by Gasteiger charge is 2.34. The maximum absolute atomic E-state index is 12.9. The van der Waals surface area contributed by atoms with Gasteiger partial charge in [-0.3, -0.25) is 4.79 Å². The quantitative estimate of drug-likeness (QED) is 0.642. The van der Waals surface area contributed by atoms with Crippen molar-refractivity contribution in [2.24, 2.45) is 0 Å². The van der Waals surface area contributed by atoms with E-state index < -0.39 is 11.8 Å². The number of aliphatic hydroxyl groups is 1. The number of carbonyl (C=O) groups is 2. The highest BCUT2D eigenvalue weighted by atomic mass is 16.5. The van der Waals surface area contributed by atoms with Crippen molar-refractivity contribution in [2.75, 3.05) is 7.11 Å². The summed E-state index contributed by atoms with van der Waals surface area (Å²) >= 11 is 0. The molecule has 1 aromatic heterocycles. The predicted octanol–water partition coefficient (Wildman–Crippen LogP) is 4.47. The molecule has 6 heteroatoms. The number of carbonyl (C=O) groups excluding carboxylic acids is 2. The lowest BCUT2D eigenvalue weighted by Crippen LogP contribution is -2.04. The molecule has 29 heavy (non-hydrogen) atoms. The van der Waals surface area contributed by atoms with Gasteiger partial charge in [-0.1, -0.05) is 19.9 Å². The summed E-state index contributed by atoms with van der Waals surface area (Å²) in [6, 6.07) is 11.6. The van der Waals surface area contributed by atoms with Gasteiger partial charge >= 0.3 is 5.97 Å². The van der Waals surface area contributed by atoms with Crippen molar-refractivity contribution in [3.63, 3.8) is 0 Å². The third-order valence-electron chi connectivity index (χ3n) is 5.13. The Morgan fingerprint density at radius 3 is 2.48 bits per heavy atom. The number of pyridine rings is 1. The van der Waals surface area contributed by atoms with Crippen LogP contribution in [0.15, 0.2) is 42.5 Å². The number of hydrogen-bond acceptors (Lipinski definition) is 6. The maximum Gasteiger partial charge on any atom is 0.337 e. The number of methoxy groups -OCH3 is 1. The van der Waals surface area contributed by atoms with E-state index in [-0.39, 0.29) is 39.5 Å². The van der Waals surface area contributed by atoms with Gasteiger partial charge in [0, 0.05) is 16.5 Å². The molecular weight excluding hydrogens is 370 g/mol. The van der Waals surface area contributed by atoms with Crippen LogP contribution in [0.3, 0.4) is 0 Å². The van der Waals surface area contributed by atoms with Crippen LogP contribution in [-0.2, 0) is 4.74 Å². The van der Waals surface area contributed by atoms with E-state index in [0.29, 0.717) is 11.4 Å². The van der Waals surface area contributed by atoms with Crippen molar-refractivity contribution in [2.45, 2.75) is 19.8 Å². The van der Waals surface area contributed by atoms with Crippen molar-refractivity contribution in [3.8, 4) is 5.75 Å². The van der Waals surface area contributed by atoms with E-state index in [0.717, 1.165) is 10.9 Å². The second-order valence-electron chi connectivity index (χ2n) is 7.27. The number of rotatable bonds is 3. The van der Waals surface area contributed by atoms with Gasteiger partial charge in [0.15, 0.2) is 5.78 Å². The topological polar surface area (TPSA) is 96.7 Å². The Kier molecular flexibility index (Phi) is 4.34. The molecule has 2 aromatic carbocycles. The smallest absolute Gasteiger partial charge is 0.337 e. The average molecular weight is 389 g/mol. The largest absolute Gasteiger partial charge is 0.506 e. The number of nitrogens with zero attached hydrogens (tertiary/aromatic N) is 1. The maximum atomic E-state index is 12.9. The van der Waals surface area contributed by atoms with Gasteiger partial charge in [-0.25, -0.2) is 9.78 Å². The Bertz CT molecular complexity index is 1220. The van der Waals surface area contributed by atoms with Crippen LogP contribution >= 0.6 is 0 Å². The summed E-state index contributed by atoms with van der Waals surface area (Å²) in [6.45, 7) is 4.14. The van der Waals surface area contributed by atoms with Gasteiger partial charge in [0.1, 0.15) is 17.2 Å². The van der Waals surface area contributed by atoms with Crippen LogP contribution in [0.2, 0.25) is 0 Å². The molecule has 0 fully saturated rings. The molecule has 1 aliphatic rings. The number of allylic oxidation sites excluding steroid dienone is 1. The lowest BCUT2D eigenvalue weighted by Gasteiger charge is -2.10. The Morgan fingerprint density at radius 1 is 1.03 bits per heavy atom. The summed E-state index contributed by atoms with van der Waals surface area (Å²) in [7, 11) is 1.25. The summed E-state index contributed by atoms with van der Waals surface area (Å²) in [5.41, 5.74) is 2.28. The van der Waals surface area contributed by atoms with Crippen LogP contribution in [0, 0.1) is 0 Å². The van der Waals surface area contributed by atoms with Crippen LogP contribution < -0.4 is 0 Å². The number of aromatic hydroxyl groups is 1. The normalized spacial score (nSPS) is 13.3. The zero-order chi connectivity index (χ0) is 20.9. The first kappa shape index (κ1) is 18.7. The fraction of sp³-hybridized carbons (Fsp3) is 0.174. The summed E-state index contributed by atoms with van der Waals surface area (Å²) in [4.78, 5) is 29.1. The van der Waals surface area contributed by atoms with Crippen molar-refractivity contribution in [3.05, 3.63) is 70.4 Å². The second kappa shape index (κ2) is 6.74. The molecule has 0 saturated carbocycles. The van der Waals surface area contributed by atoms with Gasteiger partial charge in [-0.15, -0.1) is 0 Å². The van der Waals surface area contributed by atoms with E-state index in [1.807, 2.05) is 18.2 Å². The molecule has 0 atom stereocenters. The first-order chi connectivity index (χ1) is 13.8. The predicted molar refractivity (Wildman–Crippen MR) is 109 cm³/mol. The first-order valence-corrected chi connectivity index (χ1v) is 9.16. The zero-order valence-electron chi connectivity index (χ0n) is 16.2. The highest BCUT2D eigenvalue weighted by Crippen LogP contribution is 2.40. The Morgan fingerprint density at radius 2 is 1.79 bits per heavy atom. The van der Waals surface area contributed by atoms with Crippen LogP contribution in [-0.4, -0.2) is 34.1 Å². The highest BCUT2D eigenvalue weighted by molar-refractivity contribution is 6.39. The molecule has 2 N–H and O–H groups in total. The van der Waals surface area contributed by atoms with E-state index in [1.165, 1.54) is 25.3 Å². The van der Waals surface area contributed by atoms with E-state index in [2.05, 4.69) is 23.6 Å². The van der Waals surface area contributed by atoms with Gasteiger partial charge in [0.2, 0.25) is 0 Å². The van der Waals surface area contributed by atoms with Gasteiger partial charge in [0.05, 0.1) is 23.8 Å². The Hall–Kier alpha value is -3.67. The number of aliphatic hydroxyl groups excluding tert-OH is 1. The number of ether oxygens (including phenoxy) is 1. The Balaban J connectivity index is 1.87. The SMILES string of the molecule is COC(=O)c1ccc2c(c1)C(O)=C(c1nc3ccc(C(C)C)cc3cc1O)C2=O. The van der Waals surface area contributed by atoms with Crippen molar-refractivity contribution >= 4 is 34.0 Å². The summed E-state index contributed by atoms with van der Waals surface area (Å²) in [6.07, 6.45) is 0. The molecular formula is C23H19NO5. The number of aromatic nitrogens is 1.